The average molecular weight is 252 g/mol. The van der Waals surface area contributed by atoms with Gasteiger partial charge in [-0.25, -0.2) is 0 Å². The van der Waals surface area contributed by atoms with E-state index in [0.29, 0.717) is 6.04 Å². The Morgan fingerprint density at radius 2 is 1.94 bits per heavy atom. The molecule has 1 saturated heterocycles. The Morgan fingerprint density at radius 3 is 2.61 bits per heavy atom. The summed E-state index contributed by atoms with van der Waals surface area (Å²) in [7, 11) is 0. The Bertz CT molecular complexity index is 241. The molecule has 1 saturated carbocycles. The summed E-state index contributed by atoms with van der Waals surface area (Å²) in [5, 5.41) is 0. The van der Waals surface area contributed by atoms with Gasteiger partial charge in [0.15, 0.2) is 0 Å². The summed E-state index contributed by atoms with van der Waals surface area (Å²) in [5.41, 5.74) is 6.36. The molecule has 0 spiro atoms. The second kappa shape index (κ2) is 6.91. The molecule has 1 aliphatic heterocycles. The lowest BCUT2D eigenvalue weighted by Gasteiger charge is -2.36. The fourth-order valence-corrected chi connectivity index (χ4v) is 4.01. The van der Waals surface area contributed by atoms with E-state index in [0.717, 1.165) is 17.8 Å². The van der Waals surface area contributed by atoms with E-state index in [9.17, 15) is 0 Å². The number of hydrogen-bond donors (Lipinski definition) is 1. The molecule has 0 amide bonds. The van der Waals surface area contributed by atoms with Crippen molar-refractivity contribution in [1.82, 2.24) is 4.90 Å². The van der Waals surface area contributed by atoms with Crippen molar-refractivity contribution in [3.63, 3.8) is 0 Å². The minimum Gasteiger partial charge on any atom is -0.327 e. The molecule has 0 aromatic heterocycles. The highest BCUT2D eigenvalue weighted by molar-refractivity contribution is 4.86. The van der Waals surface area contributed by atoms with E-state index in [1.807, 2.05) is 0 Å². The third-order valence-corrected chi connectivity index (χ3v) is 5.29. The summed E-state index contributed by atoms with van der Waals surface area (Å²) in [5.74, 6) is 2.69. The Labute approximate surface area is 113 Å². The van der Waals surface area contributed by atoms with Crippen LogP contribution in [0.4, 0.5) is 0 Å². The van der Waals surface area contributed by atoms with Gasteiger partial charge in [0.05, 0.1) is 0 Å². The van der Waals surface area contributed by atoms with Gasteiger partial charge < -0.3 is 10.6 Å². The van der Waals surface area contributed by atoms with Gasteiger partial charge in [-0.2, -0.15) is 0 Å². The van der Waals surface area contributed by atoms with Crippen molar-refractivity contribution >= 4 is 0 Å². The first-order valence-corrected chi connectivity index (χ1v) is 8.20. The van der Waals surface area contributed by atoms with Crippen LogP contribution in [0.2, 0.25) is 0 Å². The molecule has 2 N–H and O–H groups in total. The van der Waals surface area contributed by atoms with Crippen LogP contribution >= 0.6 is 0 Å². The number of hydrogen-bond acceptors (Lipinski definition) is 2. The predicted molar refractivity (Wildman–Crippen MR) is 78.6 cm³/mol. The lowest BCUT2D eigenvalue weighted by atomic mass is 9.76. The molecule has 4 atom stereocenters. The van der Waals surface area contributed by atoms with Crippen LogP contribution in [0.1, 0.15) is 58.8 Å². The SMILES string of the molecule is CCCC1CCC(N)C(CN2CCC(CC)C2)C1. The molecule has 0 aromatic carbocycles. The molecule has 4 unspecified atom stereocenters. The van der Waals surface area contributed by atoms with E-state index in [-0.39, 0.29) is 0 Å². The van der Waals surface area contributed by atoms with E-state index in [1.54, 1.807) is 0 Å². The fourth-order valence-electron chi connectivity index (χ4n) is 4.01. The second-order valence-electron chi connectivity index (χ2n) is 6.71. The minimum absolute atomic E-state index is 0.471. The summed E-state index contributed by atoms with van der Waals surface area (Å²) in [4.78, 5) is 2.69. The Balaban J connectivity index is 1.79. The summed E-state index contributed by atoms with van der Waals surface area (Å²) in [6, 6.07) is 0.471. The van der Waals surface area contributed by atoms with Gasteiger partial charge in [-0.3, -0.25) is 0 Å². The Hall–Kier alpha value is -0.0800. The topological polar surface area (TPSA) is 29.3 Å². The summed E-state index contributed by atoms with van der Waals surface area (Å²) in [6.45, 7) is 8.57. The molecule has 1 aliphatic carbocycles. The van der Waals surface area contributed by atoms with Crippen LogP contribution in [0, 0.1) is 17.8 Å². The molecule has 2 heteroatoms. The molecule has 2 rings (SSSR count). The fraction of sp³-hybridized carbons (Fsp3) is 1.00. The Morgan fingerprint density at radius 1 is 1.11 bits per heavy atom. The average Bonchev–Trinajstić information content (AvgIpc) is 2.81. The third-order valence-electron chi connectivity index (χ3n) is 5.29. The zero-order valence-electron chi connectivity index (χ0n) is 12.4. The second-order valence-corrected chi connectivity index (χ2v) is 6.71. The van der Waals surface area contributed by atoms with Crippen molar-refractivity contribution in [3.8, 4) is 0 Å². The van der Waals surface area contributed by atoms with E-state index in [1.165, 1.54) is 64.6 Å². The molecule has 2 nitrogen and oxygen atoms in total. The molecule has 18 heavy (non-hydrogen) atoms. The van der Waals surface area contributed by atoms with Crippen LogP contribution < -0.4 is 5.73 Å². The highest BCUT2D eigenvalue weighted by atomic mass is 15.1. The monoisotopic (exact) mass is 252 g/mol. The van der Waals surface area contributed by atoms with Crippen LogP contribution in [0.5, 0.6) is 0 Å². The zero-order valence-corrected chi connectivity index (χ0v) is 12.4. The van der Waals surface area contributed by atoms with Crippen LogP contribution in [0.25, 0.3) is 0 Å². The standard InChI is InChI=1S/C16H32N2/c1-3-5-14-6-7-16(17)15(10-14)12-18-9-8-13(4-2)11-18/h13-16H,3-12,17H2,1-2H3. The molecule has 0 radical (unpaired) electrons. The number of nitrogens with two attached hydrogens (primary N) is 1. The molecule has 0 aromatic rings. The molecule has 1 heterocycles. The van der Waals surface area contributed by atoms with Crippen molar-refractivity contribution in [1.29, 1.82) is 0 Å². The first-order chi connectivity index (χ1) is 8.72. The highest BCUT2D eigenvalue weighted by Gasteiger charge is 2.31. The normalized spacial score (nSPS) is 38.2. The summed E-state index contributed by atoms with van der Waals surface area (Å²) in [6.07, 6.45) is 9.56. The van der Waals surface area contributed by atoms with Crippen LogP contribution in [-0.4, -0.2) is 30.6 Å². The van der Waals surface area contributed by atoms with Gasteiger partial charge in [-0.05, 0) is 50.0 Å². The smallest absolute Gasteiger partial charge is 0.00795 e. The molecule has 2 aliphatic rings. The maximum atomic E-state index is 6.36. The van der Waals surface area contributed by atoms with Gasteiger partial charge in [0, 0.05) is 19.1 Å². The number of likely N-dealkylation sites (tertiary alicyclic amines) is 1. The molecular weight excluding hydrogens is 220 g/mol. The van der Waals surface area contributed by atoms with E-state index in [2.05, 4.69) is 18.7 Å². The van der Waals surface area contributed by atoms with Crippen molar-refractivity contribution in [2.45, 2.75) is 64.8 Å². The number of rotatable bonds is 5. The van der Waals surface area contributed by atoms with Gasteiger partial charge in [0.25, 0.3) is 0 Å². The van der Waals surface area contributed by atoms with Crippen LogP contribution in [-0.2, 0) is 0 Å². The molecule has 2 fully saturated rings. The van der Waals surface area contributed by atoms with Crippen LogP contribution in [0.3, 0.4) is 0 Å². The third kappa shape index (κ3) is 3.71. The van der Waals surface area contributed by atoms with Gasteiger partial charge in [0.1, 0.15) is 0 Å². The summed E-state index contributed by atoms with van der Waals surface area (Å²) >= 11 is 0. The van der Waals surface area contributed by atoms with Gasteiger partial charge >= 0.3 is 0 Å². The zero-order chi connectivity index (χ0) is 13.0. The predicted octanol–water partition coefficient (Wildman–Crippen LogP) is 3.26. The molecular formula is C16H32N2. The number of nitrogens with zero attached hydrogens (tertiary/aromatic N) is 1. The van der Waals surface area contributed by atoms with Crippen LogP contribution in [0.15, 0.2) is 0 Å². The maximum Gasteiger partial charge on any atom is 0.00795 e. The quantitative estimate of drug-likeness (QED) is 0.814. The van der Waals surface area contributed by atoms with Crippen molar-refractivity contribution in [2.24, 2.45) is 23.5 Å². The lowest BCUT2D eigenvalue weighted by Crippen LogP contribution is -2.42. The van der Waals surface area contributed by atoms with Gasteiger partial charge in [0.2, 0.25) is 0 Å². The van der Waals surface area contributed by atoms with E-state index < -0.39 is 0 Å². The minimum atomic E-state index is 0.471. The van der Waals surface area contributed by atoms with Crippen molar-refractivity contribution < 1.29 is 0 Å². The van der Waals surface area contributed by atoms with Gasteiger partial charge in [-0.15, -0.1) is 0 Å². The largest absolute Gasteiger partial charge is 0.327 e. The highest BCUT2D eigenvalue weighted by Crippen LogP contribution is 2.33. The maximum absolute atomic E-state index is 6.36. The first-order valence-electron chi connectivity index (χ1n) is 8.20. The van der Waals surface area contributed by atoms with Gasteiger partial charge in [-0.1, -0.05) is 33.1 Å². The van der Waals surface area contributed by atoms with E-state index >= 15 is 0 Å². The van der Waals surface area contributed by atoms with E-state index in [4.69, 9.17) is 5.73 Å². The Kier molecular flexibility index (Phi) is 5.50. The molecule has 106 valence electrons. The lowest BCUT2D eigenvalue weighted by molar-refractivity contribution is 0.165. The summed E-state index contributed by atoms with van der Waals surface area (Å²) < 4.78 is 0. The molecule has 0 bridgehead atoms. The first kappa shape index (κ1) is 14.3. The van der Waals surface area contributed by atoms with Crippen molar-refractivity contribution in [3.05, 3.63) is 0 Å². The van der Waals surface area contributed by atoms with Crippen molar-refractivity contribution in [2.75, 3.05) is 19.6 Å².